The van der Waals surface area contributed by atoms with Gasteiger partial charge in [0.05, 0.1) is 18.6 Å². The minimum atomic E-state index is -1.64. The van der Waals surface area contributed by atoms with E-state index in [1.807, 2.05) is 61.5 Å². The second-order valence-electron chi connectivity index (χ2n) is 9.33. The van der Waals surface area contributed by atoms with Crippen molar-refractivity contribution in [3.8, 4) is 39.1 Å². The fourth-order valence-electron chi connectivity index (χ4n) is 5.24. The van der Waals surface area contributed by atoms with Crippen molar-refractivity contribution in [1.82, 2.24) is 0 Å². The van der Waals surface area contributed by atoms with E-state index in [1.165, 1.54) is 0 Å². The van der Waals surface area contributed by atoms with Crippen LogP contribution in [-0.4, -0.2) is 17.9 Å². The van der Waals surface area contributed by atoms with E-state index in [0.717, 1.165) is 60.7 Å². The Labute approximate surface area is 231 Å². The van der Waals surface area contributed by atoms with E-state index >= 15 is 0 Å². The molecule has 0 saturated carbocycles. The lowest BCUT2D eigenvalue weighted by Gasteiger charge is -2.19. The molecule has 4 heteroatoms. The molecule has 0 aliphatic rings. The molecule has 0 radical (unpaired) electrons. The monoisotopic (exact) mass is 528 g/mol. The van der Waals surface area contributed by atoms with E-state index < -0.39 is 11.1 Å². The number of benzene rings is 6. The maximum absolute atomic E-state index is 13.4. The lowest BCUT2D eigenvalue weighted by molar-refractivity contribution is 0.372. The minimum absolute atomic E-state index is 0.351. The predicted octanol–water partition coefficient (Wildman–Crippen LogP) is 9.06. The molecular weight excluding hydrogens is 500 g/mol. The van der Waals surface area contributed by atoms with Crippen molar-refractivity contribution in [2.45, 2.75) is 11.8 Å². The Balaban J connectivity index is 1.64. The summed E-state index contributed by atoms with van der Waals surface area (Å²) in [6.07, 6.45) is 0. The van der Waals surface area contributed by atoms with Crippen molar-refractivity contribution in [3.05, 3.63) is 121 Å². The van der Waals surface area contributed by atoms with Gasteiger partial charge in [0, 0.05) is 11.1 Å². The highest BCUT2D eigenvalue weighted by Gasteiger charge is 2.21. The van der Waals surface area contributed by atoms with Gasteiger partial charge in [-0.3, -0.25) is 4.18 Å². The van der Waals surface area contributed by atoms with E-state index in [9.17, 15) is 4.21 Å². The molecule has 6 rings (SSSR count). The average molecular weight is 529 g/mol. The first-order chi connectivity index (χ1) is 19.2. The standard InChI is InChI=1S/C35H28O3S/c1-3-38-39(36)33-21-17-29-23-27(25-12-8-5-9-13-25)15-19-31(29)35(33)34-30-18-14-26(24-10-6-4-7-11-24)22-28(30)16-20-32(34)37-2/h4-23H,3H2,1-2H3. The number of hydrogen-bond donors (Lipinski definition) is 0. The van der Waals surface area contributed by atoms with Crippen LogP contribution in [0, 0.1) is 0 Å². The van der Waals surface area contributed by atoms with Gasteiger partial charge in [0.15, 0.2) is 11.1 Å². The zero-order valence-corrected chi connectivity index (χ0v) is 22.7. The maximum Gasteiger partial charge on any atom is 0.189 e. The van der Waals surface area contributed by atoms with Crippen LogP contribution in [0.15, 0.2) is 126 Å². The summed E-state index contributed by atoms with van der Waals surface area (Å²) < 4.78 is 24.9. The van der Waals surface area contributed by atoms with Gasteiger partial charge in [0.25, 0.3) is 0 Å². The van der Waals surface area contributed by atoms with Gasteiger partial charge in [-0.25, -0.2) is 4.21 Å². The third-order valence-electron chi connectivity index (χ3n) is 7.05. The quantitative estimate of drug-likeness (QED) is 0.207. The molecule has 0 aromatic heterocycles. The molecule has 6 aromatic rings. The van der Waals surface area contributed by atoms with Crippen molar-refractivity contribution >= 4 is 32.6 Å². The molecule has 192 valence electrons. The van der Waals surface area contributed by atoms with Gasteiger partial charge >= 0.3 is 0 Å². The van der Waals surface area contributed by atoms with E-state index in [4.69, 9.17) is 8.92 Å². The summed E-state index contributed by atoms with van der Waals surface area (Å²) in [6, 6.07) is 41.6. The van der Waals surface area contributed by atoms with Crippen LogP contribution in [-0.2, 0) is 15.3 Å². The van der Waals surface area contributed by atoms with Crippen molar-refractivity contribution in [2.24, 2.45) is 0 Å². The molecule has 0 amide bonds. The maximum atomic E-state index is 13.4. The Morgan fingerprint density at radius 3 is 1.67 bits per heavy atom. The summed E-state index contributed by atoms with van der Waals surface area (Å²) >= 11 is -1.64. The zero-order chi connectivity index (χ0) is 26.8. The Kier molecular flexibility index (Phi) is 6.97. The highest BCUT2D eigenvalue weighted by Crippen LogP contribution is 2.45. The molecule has 0 spiro atoms. The van der Waals surface area contributed by atoms with Crippen molar-refractivity contribution < 1.29 is 13.1 Å². The van der Waals surface area contributed by atoms with Gasteiger partial charge in [0.1, 0.15) is 5.75 Å². The Morgan fingerprint density at radius 1 is 0.590 bits per heavy atom. The summed E-state index contributed by atoms with van der Waals surface area (Å²) in [7, 11) is 1.68. The number of rotatable bonds is 7. The Hall–Kier alpha value is -4.25. The number of hydrogen-bond acceptors (Lipinski definition) is 3. The summed E-state index contributed by atoms with van der Waals surface area (Å²) in [6.45, 7) is 2.21. The van der Waals surface area contributed by atoms with Crippen LogP contribution in [0.1, 0.15) is 6.92 Å². The summed E-state index contributed by atoms with van der Waals surface area (Å²) in [5.41, 5.74) is 6.37. The molecular formula is C35H28O3S. The van der Waals surface area contributed by atoms with Crippen LogP contribution in [0.3, 0.4) is 0 Å². The van der Waals surface area contributed by atoms with Crippen LogP contribution in [0.2, 0.25) is 0 Å². The topological polar surface area (TPSA) is 35.5 Å². The fourth-order valence-corrected chi connectivity index (χ4v) is 6.13. The molecule has 0 N–H and O–H groups in total. The molecule has 0 heterocycles. The third kappa shape index (κ3) is 4.74. The van der Waals surface area contributed by atoms with Crippen molar-refractivity contribution in [1.29, 1.82) is 0 Å². The van der Waals surface area contributed by atoms with Crippen LogP contribution in [0.5, 0.6) is 5.75 Å². The summed E-state index contributed by atoms with van der Waals surface area (Å²) in [5, 5.41) is 4.17. The SMILES string of the molecule is CCOS(=O)c1ccc2cc(-c3ccccc3)ccc2c1-c1c(OC)ccc2cc(-c3ccccc3)ccc12. The van der Waals surface area contributed by atoms with E-state index in [0.29, 0.717) is 11.5 Å². The Morgan fingerprint density at radius 2 is 1.13 bits per heavy atom. The zero-order valence-electron chi connectivity index (χ0n) is 21.9. The molecule has 0 aliphatic carbocycles. The van der Waals surface area contributed by atoms with Gasteiger partial charge in [-0.2, -0.15) is 0 Å². The van der Waals surface area contributed by atoms with Crippen molar-refractivity contribution in [2.75, 3.05) is 13.7 Å². The first kappa shape index (κ1) is 25.1. The van der Waals surface area contributed by atoms with E-state index in [-0.39, 0.29) is 0 Å². The van der Waals surface area contributed by atoms with Gasteiger partial charge in [0.2, 0.25) is 0 Å². The summed E-state index contributed by atoms with van der Waals surface area (Å²) in [4.78, 5) is 0.634. The predicted molar refractivity (Wildman–Crippen MR) is 162 cm³/mol. The molecule has 0 aliphatic heterocycles. The normalized spacial score (nSPS) is 12.1. The lowest BCUT2D eigenvalue weighted by Crippen LogP contribution is -2.02. The number of ether oxygens (including phenoxy) is 1. The highest BCUT2D eigenvalue weighted by molar-refractivity contribution is 7.80. The second kappa shape index (κ2) is 10.9. The minimum Gasteiger partial charge on any atom is -0.496 e. The van der Waals surface area contributed by atoms with E-state index in [1.54, 1.807) is 7.11 Å². The van der Waals surface area contributed by atoms with E-state index in [2.05, 4.69) is 66.7 Å². The molecule has 1 unspecified atom stereocenters. The number of methoxy groups -OCH3 is 1. The van der Waals surface area contributed by atoms with Crippen LogP contribution in [0.4, 0.5) is 0 Å². The molecule has 0 fully saturated rings. The average Bonchev–Trinajstić information content (AvgIpc) is 3.00. The molecule has 39 heavy (non-hydrogen) atoms. The van der Waals surface area contributed by atoms with Crippen LogP contribution >= 0.6 is 0 Å². The van der Waals surface area contributed by atoms with Gasteiger partial charge in [-0.15, -0.1) is 0 Å². The molecule has 0 saturated heterocycles. The highest BCUT2D eigenvalue weighted by atomic mass is 32.2. The smallest absolute Gasteiger partial charge is 0.189 e. The van der Waals surface area contributed by atoms with Gasteiger partial charge in [-0.05, 0) is 75.0 Å². The third-order valence-corrected chi connectivity index (χ3v) is 8.20. The Bertz CT molecular complexity index is 1810. The number of fused-ring (bicyclic) bond motifs is 2. The first-order valence-corrected chi connectivity index (χ1v) is 14.1. The largest absolute Gasteiger partial charge is 0.496 e. The van der Waals surface area contributed by atoms with Gasteiger partial charge < -0.3 is 4.74 Å². The van der Waals surface area contributed by atoms with Crippen molar-refractivity contribution in [3.63, 3.8) is 0 Å². The second-order valence-corrected chi connectivity index (χ2v) is 10.5. The molecule has 0 bridgehead atoms. The lowest BCUT2D eigenvalue weighted by atomic mass is 9.90. The van der Waals surface area contributed by atoms with Crippen LogP contribution in [0.25, 0.3) is 54.9 Å². The van der Waals surface area contributed by atoms with Gasteiger partial charge in [-0.1, -0.05) is 97.1 Å². The summed E-state index contributed by atoms with van der Waals surface area (Å²) in [5.74, 6) is 0.726. The molecule has 6 aromatic carbocycles. The first-order valence-electron chi connectivity index (χ1n) is 13.0. The molecule has 1 atom stereocenters. The van der Waals surface area contributed by atoms with Crippen LogP contribution < -0.4 is 4.74 Å². The molecule has 3 nitrogen and oxygen atoms in total. The fraction of sp³-hybridized carbons (Fsp3) is 0.0857.